The summed E-state index contributed by atoms with van der Waals surface area (Å²) in [5, 5.41) is 8.74. The highest BCUT2D eigenvalue weighted by Crippen LogP contribution is 2.36. The van der Waals surface area contributed by atoms with Gasteiger partial charge in [-0.25, -0.2) is 0 Å². The van der Waals surface area contributed by atoms with Crippen molar-refractivity contribution in [2.75, 3.05) is 6.61 Å². The van der Waals surface area contributed by atoms with Gasteiger partial charge in [-0.1, -0.05) is 30.7 Å². The second-order valence-corrected chi connectivity index (χ2v) is 4.15. The third-order valence-electron chi connectivity index (χ3n) is 3.22. The van der Waals surface area contributed by atoms with E-state index >= 15 is 0 Å². The smallest absolute Gasteiger partial charge is 0.0431 e. The Labute approximate surface area is 85.8 Å². The molecule has 0 heterocycles. The number of benzene rings is 1. The normalized spacial score (nSPS) is 19.6. The average Bonchev–Trinajstić information content (AvgIpc) is 2.63. The van der Waals surface area contributed by atoms with Crippen molar-refractivity contribution in [3.05, 3.63) is 35.4 Å². The maximum absolute atomic E-state index is 8.74. The van der Waals surface area contributed by atoms with Crippen molar-refractivity contribution in [2.24, 2.45) is 0 Å². The molecule has 0 fully saturated rings. The van der Waals surface area contributed by atoms with Crippen LogP contribution < -0.4 is 0 Å². The van der Waals surface area contributed by atoms with Crippen LogP contribution in [0.2, 0.25) is 0 Å². The predicted molar refractivity (Wildman–Crippen MR) is 58.4 cm³/mol. The van der Waals surface area contributed by atoms with Gasteiger partial charge in [-0.2, -0.15) is 0 Å². The quantitative estimate of drug-likeness (QED) is 0.724. The van der Waals surface area contributed by atoms with Crippen LogP contribution in [0.15, 0.2) is 24.3 Å². The van der Waals surface area contributed by atoms with E-state index in [9.17, 15) is 0 Å². The number of aliphatic hydroxyl groups excluding tert-OH is 1. The Morgan fingerprint density at radius 1 is 1.21 bits per heavy atom. The van der Waals surface area contributed by atoms with Crippen molar-refractivity contribution in [1.82, 2.24) is 0 Å². The zero-order valence-electron chi connectivity index (χ0n) is 8.58. The molecule has 0 aliphatic heterocycles. The number of fused-ring (bicyclic) bond motifs is 1. The van der Waals surface area contributed by atoms with Gasteiger partial charge in [-0.15, -0.1) is 0 Å². The topological polar surface area (TPSA) is 20.2 Å². The molecule has 0 amide bonds. The van der Waals surface area contributed by atoms with E-state index in [0.29, 0.717) is 6.61 Å². The highest BCUT2D eigenvalue weighted by atomic mass is 16.2. The summed E-state index contributed by atoms with van der Waals surface area (Å²) in [5.41, 5.74) is 3.10. The van der Waals surface area contributed by atoms with Gasteiger partial charge >= 0.3 is 0 Å². The lowest BCUT2D eigenvalue weighted by atomic mass is 9.95. The van der Waals surface area contributed by atoms with Crippen LogP contribution >= 0.6 is 0 Å². The van der Waals surface area contributed by atoms with Crippen molar-refractivity contribution in [3.8, 4) is 0 Å². The summed E-state index contributed by atoms with van der Waals surface area (Å²) < 4.78 is 0. The molecule has 1 nitrogen and oxygen atoms in total. The number of hydrogen-bond donors (Lipinski definition) is 1. The number of aliphatic hydroxyl groups is 1. The van der Waals surface area contributed by atoms with Gasteiger partial charge in [-0.3, -0.25) is 0 Å². The SMILES string of the molecule is OCCCCC1CCc2ccccc21. The van der Waals surface area contributed by atoms with Crippen molar-refractivity contribution in [3.63, 3.8) is 0 Å². The Hall–Kier alpha value is -0.820. The minimum atomic E-state index is 0.342. The van der Waals surface area contributed by atoms with Gasteiger partial charge in [0.15, 0.2) is 0 Å². The zero-order chi connectivity index (χ0) is 9.80. The van der Waals surface area contributed by atoms with Crippen molar-refractivity contribution in [1.29, 1.82) is 0 Å². The molecule has 0 bridgehead atoms. The summed E-state index contributed by atoms with van der Waals surface area (Å²) in [6, 6.07) is 8.80. The molecule has 0 aromatic heterocycles. The number of rotatable bonds is 4. The van der Waals surface area contributed by atoms with Crippen molar-refractivity contribution in [2.45, 2.75) is 38.0 Å². The molecule has 0 saturated carbocycles. The van der Waals surface area contributed by atoms with Crippen LogP contribution in [0.1, 0.15) is 42.7 Å². The van der Waals surface area contributed by atoms with Gasteiger partial charge in [0.25, 0.3) is 0 Å². The Morgan fingerprint density at radius 3 is 2.93 bits per heavy atom. The first-order chi connectivity index (χ1) is 6.92. The third kappa shape index (κ3) is 1.98. The van der Waals surface area contributed by atoms with Crippen LogP contribution in [0.4, 0.5) is 0 Å². The van der Waals surface area contributed by atoms with E-state index in [1.54, 1.807) is 11.1 Å². The number of unbranched alkanes of at least 4 members (excludes halogenated alkanes) is 1. The maximum Gasteiger partial charge on any atom is 0.0431 e. The molecule has 76 valence electrons. The molecule has 1 aliphatic rings. The predicted octanol–water partition coefficient (Wildman–Crippen LogP) is 2.88. The van der Waals surface area contributed by atoms with Crippen LogP contribution in [0.25, 0.3) is 0 Å². The Bertz CT molecular complexity index is 293. The number of hydrogen-bond acceptors (Lipinski definition) is 1. The van der Waals surface area contributed by atoms with E-state index in [4.69, 9.17) is 5.11 Å². The third-order valence-corrected chi connectivity index (χ3v) is 3.22. The number of aryl methyl sites for hydroxylation is 1. The lowest BCUT2D eigenvalue weighted by molar-refractivity contribution is 0.281. The molecular formula is C13H18O. The molecular weight excluding hydrogens is 172 g/mol. The molecule has 1 aromatic rings. The average molecular weight is 190 g/mol. The highest BCUT2D eigenvalue weighted by Gasteiger charge is 2.20. The fourth-order valence-corrected chi connectivity index (χ4v) is 2.45. The molecule has 0 radical (unpaired) electrons. The molecule has 14 heavy (non-hydrogen) atoms. The first-order valence-electron chi connectivity index (χ1n) is 5.60. The molecule has 2 rings (SSSR count). The molecule has 1 heteroatoms. The second-order valence-electron chi connectivity index (χ2n) is 4.15. The van der Waals surface area contributed by atoms with E-state index in [1.165, 1.54) is 19.3 Å². The molecule has 1 aromatic carbocycles. The lowest BCUT2D eigenvalue weighted by Crippen LogP contribution is -1.94. The van der Waals surface area contributed by atoms with Gasteiger partial charge in [-0.05, 0) is 42.7 Å². The van der Waals surface area contributed by atoms with E-state index in [-0.39, 0.29) is 0 Å². The van der Waals surface area contributed by atoms with E-state index in [0.717, 1.165) is 18.8 Å². The van der Waals surface area contributed by atoms with Gasteiger partial charge < -0.3 is 5.11 Å². The first kappa shape index (κ1) is 9.72. The van der Waals surface area contributed by atoms with Crippen LogP contribution in [0.5, 0.6) is 0 Å². The van der Waals surface area contributed by atoms with Crippen LogP contribution in [0, 0.1) is 0 Å². The molecule has 1 aliphatic carbocycles. The van der Waals surface area contributed by atoms with Crippen molar-refractivity contribution < 1.29 is 5.11 Å². The minimum absolute atomic E-state index is 0.342. The van der Waals surface area contributed by atoms with Crippen LogP contribution in [0.3, 0.4) is 0 Å². The lowest BCUT2D eigenvalue weighted by Gasteiger charge is -2.10. The summed E-state index contributed by atoms with van der Waals surface area (Å²) in [6.07, 6.45) is 5.93. The zero-order valence-corrected chi connectivity index (χ0v) is 8.58. The highest BCUT2D eigenvalue weighted by molar-refractivity contribution is 5.34. The standard InChI is InChI=1S/C13H18O/c14-10-4-3-6-12-9-8-11-5-1-2-7-13(11)12/h1-2,5,7,12,14H,3-4,6,8-10H2. The van der Waals surface area contributed by atoms with Gasteiger partial charge in [0.2, 0.25) is 0 Å². The van der Waals surface area contributed by atoms with Gasteiger partial charge in [0, 0.05) is 6.61 Å². The van der Waals surface area contributed by atoms with Crippen LogP contribution in [-0.4, -0.2) is 11.7 Å². The summed E-state index contributed by atoms with van der Waals surface area (Å²) in [6.45, 7) is 0.342. The van der Waals surface area contributed by atoms with E-state index in [2.05, 4.69) is 24.3 Å². The fourth-order valence-electron chi connectivity index (χ4n) is 2.45. The van der Waals surface area contributed by atoms with E-state index in [1.807, 2.05) is 0 Å². The summed E-state index contributed by atoms with van der Waals surface area (Å²) in [5.74, 6) is 0.762. The molecule has 0 spiro atoms. The largest absolute Gasteiger partial charge is 0.396 e. The first-order valence-corrected chi connectivity index (χ1v) is 5.60. The minimum Gasteiger partial charge on any atom is -0.396 e. The summed E-state index contributed by atoms with van der Waals surface area (Å²) >= 11 is 0. The molecule has 1 N–H and O–H groups in total. The monoisotopic (exact) mass is 190 g/mol. The Kier molecular flexibility index (Phi) is 3.20. The van der Waals surface area contributed by atoms with E-state index < -0.39 is 0 Å². The Balaban J connectivity index is 1.96. The Morgan fingerprint density at radius 2 is 2.07 bits per heavy atom. The fraction of sp³-hybridized carbons (Fsp3) is 0.538. The maximum atomic E-state index is 8.74. The molecule has 1 atom stereocenters. The molecule has 1 unspecified atom stereocenters. The summed E-state index contributed by atoms with van der Waals surface area (Å²) in [7, 11) is 0. The van der Waals surface area contributed by atoms with Crippen molar-refractivity contribution >= 4 is 0 Å². The second kappa shape index (κ2) is 4.61. The summed E-state index contributed by atoms with van der Waals surface area (Å²) in [4.78, 5) is 0. The van der Waals surface area contributed by atoms with Gasteiger partial charge in [0.05, 0.1) is 0 Å². The van der Waals surface area contributed by atoms with Gasteiger partial charge in [0.1, 0.15) is 0 Å². The van der Waals surface area contributed by atoms with Crippen LogP contribution in [-0.2, 0) is 6.42 Å². The molecule has 0 saturated heterocycles.